The summed E-state index contributed by atoms with van der Waals surface area (Å²) in [5.41, 5.74) is 0.944. The molecule has 0 aliphatic heterocycles. The van der Waals surface area contributed by atoms with Crippen LogP contribution in [0.15, 0.2) is 18.2 Å². The van der Waals surface area contributed by atoms with Crippen molar-refractivity contribution in [1.29, 1.82) is 0 Å². The van der Waals surface area contributed by atoms with Crippen LogP contribution in [0.3, 0.4) is 0 Å². The highest BCUT2D eigenvalue weighted by Crippen LogP contribution is 2.29. The van der Waals surface area contributed by atoms with E-state index < -0.39 is 6.10 Å². The van der Waals surface area contributed by atoms with Crippen molar-refractivity contribution in [3.05, 3.63) is 23.8 Å². The molecule has 0 radical (unpaired) electrons. The van der Waals surface area contributed by atoms with Gasteiger partial charge in [0.05, 0.1) is 12.7 Å². The van der Waals surface area contributed by atoms with Crippen molar-refractivity contribution < 1.29 is 19.4 Å². The molecule has 1 unspecified atom stereocenters. The van der Waals surface area contributed by atoms with Crippen LogP contribution in [0.2, 0.25) is 0 Å². The molecule has 0 fully saturated rings. The van der Waals surface area contributed by atoms with Crippen molar-refractivity contribution in [3.8, 4) is 11.5 Å². The van der Waals surface area contributed by atoms with Gasteiger partial charge in [-0.05, 0) is 38.0 Å². The van der Waals surface area contributed by atoms with Crippen LogP contribution in [0.4, 0.5) is 0 Å². The van der Waals surface area contributed by atoms with Gasteiger partial charge in [-0.3, -0.25) is 4.79 Å². The topological polar surface area (TPSA) is 55.8 Å². The van der Waals surface area contributed by atoms with Gasteiger partial charge in [0.2, 0.25) is 0 Å². The minimum absolute atomic E-state index is 0.380. The van der Waals surface area contributed by atoms with Crippen LogP contribution in [0.5, 0.6) is 11.5 Å². The molecule has 0 heterocycles. The van der Waals surface area contributed by atoms with Gasteiger partial charge in [-0.15, -0.1) is 0 Å². The van der Waals surface area contributed by atoms with Crippen molar-refractivity contribution in [3.63, 3.8) is 0 Å². The van der Waals surface area contributed by atoms with E-state index in [4.69, 9.17) is 9.47 Å². The minimum Gasteiger partial charge on any atom is -0.490 e. The van der Waals surface area contributed by atoms with E-state index in [1.807, 2.05) is 13.0 Å². The monoisotopic (exact) mass is 238 g/mol. The van der Waals surface area contributed by atoms with E-state index >= 15 is 0 Å². The first-order chi connectivity index (χ1) is 8.02. The van der Waals surface area contributed by atoms with E-state index in [0.717, 1.165) is 5.56 Å². The molecule has 94 valence electrons. The van der Waals surface area contributed by atoms with Crippen molar-refractivity contribution >= 4 is 5.97 Å². The third-order valence-corrected chi connectivity index (χ3v) is 2.09. The van der Waals surface area contributed by atoms with Gasteiger partial charge in [-0.1, -0.05) is 6.07 Å². The number of aliphatic hydroxyl groups is 1. The molecule has 0 saturated heterocycles. The first-order valence-corrected chi connectivity index (χ1v) is 5.65. The molecule has 0 bridgehead atoms. The first kappa shape index (κ1) is 13.5. The van der Waals surface area contributed by atoms with Crippen molar-refractivity contribution in [2.24, 2.45) is 0 Å². The van der Waals surface area contributed by atoms with Gasteiger partial charge in [0.25, 0.3) is 0 Å². The van der Waals surface area contributed by atoms with Crippen LogP contribution in [0, 0.1) is 0 Å². The molecule has 1 atom stereocenters. The number of rotatable bonds is 5. The lowest BCUT2D eigenvalue weighted by atomic mass is 10.1. The molecule has 4 heteroatoms. The Bertz CT molecular complexity index is 385. The summed E-state index contributed by atoms with van der Waals surface area (Å²) in [6.07, 6.45) is 0.129. The minimum atomic E-state index is -0.413. The smallest absolute Gasteiger partial charge is 0.308 e. The number of carbonyl (C=O) groups excluding carboxylic acids is 1. The van der Waals surface area contributed by atoms with Gasteiger partial charge in [0.1, 0.15) is 0 Å². The maximum atomic E-state index is 10.9. The largest absolute Gasteiger partial charge is 0.490 e. The third kappa shape index (κ3) is 4.44. The van der Waals surface area contributed by atoms with E-state index in [2.05, 4.69) is 0 Å². The van der Waals surface area contributed by atoms with Gasteiger partial charge >= 0.3 is 5.97 Å². The highest BCUT2D eigenvalue weighted by molar-refractivity contribution is 5.70. The number of hydrogen-bond donors (Lipinski definition) is 1. The van der Waals surface area contributed by atoms with Crippen molar-refractivity contribution in [1.82, 2.24) is 0 Å². The zero-order valence-electron chi connectivity index (χ0n) is 10.4. The van der Waals surface area contributed by atoms with Gasteiger partial charge in [0.15, 0.2) is 11.5 Å². The lowest BCUT2D eigenvalue weighted by Crippen LogP contribution is -2.07. The average Bonchev–Trinajstić information content (AvgIpc) is 2.21. The molecule has 17 heavy (non-hydrogen) atoms. The summed E-state index contributed by atoms with van der Waals surface area (Å²) in [6, 6.07) is 5.28. The molecule has 1 rings (SSSR count). The lowest BCUT2D eigenvalue weighted by Gasteiger charge is -2.12. The molecule has 1 aromatic rings. The zero-order chi connectivity index (χ0) is 12.8. The quantitative estimate of drug-likeness (QED) is 0.629. The predicted octanol–water partition coefficient (Wildman–Crippen LogP) is 1.93. The van der Waals surface area contributed by atoms with Gasteiger partial charge < -0.3 is 14.6 Å². The van der Waals surface area contributed by atoms with E-state index in [1.54, 1.807) is 19.1 Å². The number of hydrogen-bond acceptors (Lipinski definition) is 4. The molecule has 0 aromatic heterocycles. The molecule has 0 aliphatic carbocycles. The second-order valence-electron chi connectivity index (χ2n) is 3.86. The number of ether oxygens (including phenoxy) is 2. The summed E-state index contributed by atoms with van der Waals surface area (Å²) in [6.45, 7) is 5.42. The average molecular weight is 238 g/mol. The fraction of sp³-hybridized carbons (Fsp3) is 0.462. The number of aliphatic hydroxyl groups excluding tert-OH is 1. The van der Waals surface area contributed by atoms with E-state index in [9.17, 15) is 9.90 Å². The Morgan fingerprint density at radius 3 is 2.65 bits per heavy atom. The number of benzene rings is 1. The Kier molecular flexibility index (Phi) is 4.97. The first-order valence-electron chi connectivity index (χ1n) is 5.65. The van der Waals surface area contributed by atoms with E-state index in [0.29, 0.717) is 24.5 Å². The molecule has 0 aliphatic rings. The molecule has 0 saturated carbocycles. The number of esters is 1. The predicted molar refractivity (Wildman–Crippen MR) is 64.3 cm³/mol. The lowest BCUT2D eigenvalue weighted by molar-refractivity contribution is -0.132. The summed E-state index contributed by atoms with van der Waals surface area (Å²) in [4.78, 5) is 10.9. The number of carbonyl (C=O) groups is 1. The standard InChI is InChI=1S/C13H18O4/c1-4-16-13-8-11(7-9(2)14)5-6-12(13)17-10(3)15/h5-6,8-9,14H,4,7H2,1-3H3. The SMILES string of the molecule is CCOc1cc(CC(C)O)ccc1OC(C)=O. The maximum absolute atomic E-state index is 10.9. The van der Waals surface area contributed by atoms with Crippen LogP contribution in [-0.2, 0) is 11.2 Å². The van der Waals surface area contributed by atoms with Crippen LogP contribution < -0.4 is 9.47 Å². The van der Waals surface area contributed by atoms with Gasteiger partial charge in [-0.25, -0.2) is 0 Å². The Labute approximate surface area is 101 Å². The highest BCUT2D eigenvalue weighted by Gasteiger charge is 2.09. The van der Waals surface area contributed by atoms with Crippen molar-refractivity contribution in [2.45, 2.75) is 33.3 Å². The molecule has 0 spiro atoms. The third-order valence-electron chi connectivity index (χ3n) is 2.09. The van der Waals surface area contributed by atoms with E-state index in [-0.39, 0.29) is 5.97 Å². The molecular formula is C13H18O4. The second-order valence-corrected chi connectivity index (χ2v) is 3.86. The van der Waals surface area contributed by atoms with Crippen LogP contribution in [-0.4, -0.2) is 23.8 Å². The normalized spacial score (nSPS) is 12.0. The Hall–Kier alpha value is -1.55. The molecular weight excluding hydrogens is 220 g/mol. The summed E-state index contributed by atoms with van der Waals surface area (Å²) in [7, 11) is 0. The molecule has 1 N–H and O–H groups in total. The summed E-state index contributed by atoms with van der Waals surface area (Å²) in [5, 5.41) is 9.32. The Morgan fingerprint density at radius 1 is 1.41 bits per heavy atom. The Balaban J connectivity index is 2.94. The highest BCUT2D eigenvalue weighted by atomic mass is 16.6. The summed E-state index contributed by atoms with van der Waals surface area (Å²) < 4.78 is 10.4. The fourth-order valence-corrected chi connectivity index (χ4v) is 1.53. The van der Waals surface area contributed by atoms with Crippen LogP contribution >= 0.6 is 0 Å². The Morgan fingerprint density at radius 2 is 2.12 bits per heavy atom. The summed E-state index contributed by atoms with van der Waals surface area (Å²) in [5.74, 6) is 0.559. The van der Waals surface area contributed by atoms with Crippen LogP contribution in [0.25, 0.3) is 0 Å². The van der Waals surface area contributed by atoms with E-state index in [1.165, 1.54) is 6.92 Å². The van der Waals surface area contributed by atoms with Gasteiger partial charge in [-0.2, -0.15) is 0 Å². The fourth-order valence-electron chi connectivity index (χ4n) is 1.53. The van der Waals surface area contributed by atoms with Crippen molar-refractivity contribution in [2.75, 3.05) is 6.61 Å². The zero-order valence-corrected chi connectivity index (χ0v) is 10.4. The maximum Gasteiger partial charge on any atom is 0.308 e. The van der Waals surface area contributed by atoms with Gasteiger partial charge in [0, 0.05) is 6.92 Å². The van der Waals surface area contributed by atoms with Crippen LogP contribution in [0.1, 0.15) is 26.3 Å². The summed E-state index contributed by atoms with van der Waals surface area (Å²) >= 11 is 0. The molecule has 1 aromatic carbocycles. The molecule has 4 nitrogen and oxygen atoms in total. The second kappa shape index (κ2) is 6.25. The molecule has 0 amide bonds.